The molecule has 0 bridgehead atoms. The number of halogens is 1. The van der Waals surface area contributed by atoms with E-state index in [0.717, 1.165) is 18.8 Å². The summed E-state index contributed by atoms with van der Waals surface area (Å²) < 4.78 is 0. The van der Waals surface area contributed by atoms with E-state index in [4.69, 9.17) is 9.42 Å². The second kappa shape index (κ2) is 10.7. The number of hydrogen-bond acceptors (Lipinski definition) is 0. The summed E-state index contributed by atoms with van der Waals surface area (Å²) in [5.41, 5.74) is 0. The molecule has 0 aliphatic carbocycles. The minimum Gasteiger partial charge on any atom is -0.999 e. The Morgan fingerprint density at radius 2 is 1.50 bits per heavy atom. The van der Waals surface area contributed by atoms with Crippen LogP contribution in [0.2, 0.25) is 0 Å². The van der Waals surface area contributed by atoms with Gasteiger partial charge in [-0.05, 0) is 0 Å². The van der Waals surface area contributed by atoms with Crippen molar-refractivity contribution in [3.63, 3.8) is 0 Å². The Morgan fingerprint density at radius 3 is 1.67 bits per heavy atom. The van der Waals surface area contributed by atoms with Crippen molar-refractivity contribution in [1.29, 1.82) is 0 Å². The van der Waals surface area contributed by atoms with E-state index in [1.165, 1.54) is 0 Å². The Balaban J connectivity index is 0.000000168. The van der Waals surface area contributed by atoms with Crippen LogP contribution < -0.4 is 0 Å². The van der Waals surface area contributed by atoms with E-state index >= 15 is 0 Å². The molecule has 2 heteroatoms. The summed E-state index contributed by atoms with van der Waals surface area (Å²) in [6, 6.07) is 22.0. The Bertz CT molecular complexity index is 149. The second-order valence-corrected chi connectivity index (χ2v) is 1.65. The topological polar surface area (TPSA) is 0 Å². The van der Waals surface area contributed by atoms with Crippen LogP contribution in [0.3, 0.4) is 0 Å². The van der Waals surface area contributed by atoms with Crippen LogP contribution in [0.25, 0.3) is 0 Å². The zero-order chi connectivity index (χ0) is 9.07. The summed E-state index contributed by atoms with van der Waals surface area (Å²) in [4.78, 5) is 0. The molecule has 2 aromatic carbocycles. The van der Waals surface area contributed by atoms with Crippen LogP contribution in [0.1, 0.15) is 0 Å². The van der Waals surface area contributed by atoms with E-state index in [1.807, 2.05) is 30.3 Å². The summed E-state index contributed by atoms with van der Waals surface area (Å²) in [5.74, 6) is 0. The van der Waals surface area contributed by atoms with Crippen LogP contribution in [-0.2, 0) is 18.8 Å². The van der Waals surface area contributed by atoms with Gasteiger partial charge in [0.2, 0.25) is 0 Å². The molecule has 0 aromatic heterocycles. The van der Waals surface area contributed by atoms with E-state index in [1.54, 1.807) is 6.07 Å². The van der Waals surface area contributed by atoms with Gasteiger partial charge in [-0.3, -0.25) is 0 Å². The number of hydrogen-bond donors (Lipinski definition) is 0. The molecule has 0 unspecified atom stereocenters. The van der Waals surface area contributed by atoms with Gasteiger partial charge in [0.15, 0.2) is 0 Å². The Labute approximate surface area is 88.7 Å². The summed E-state index contributed by atoms with van der Waals surface area (Å²) in [6.07, 6.45) is 0. The first kappa shape index (κ1) is 11.7. The van der Waals surface area contributed by atoms with Crippen molar-refractivity contribution in [3.05, 3.63) is 60.7 Å². The molecule has 0 fully saturated rings. The summed E-state index contributed by atoms with van der Waals surface area (Å²) >= 11 is 0.917. The van der Waals surface area contributed by atoms with Crippen LogP contribution >= 0.6 is 9.42 Å². The molecule has 12 heavy (non-hydrogen) atoms. The molecule has 0 radical (unpaired) electrons. The van der Waals surface area contributed by atoms with E-state index in [-0.39, 0.29) is 0 Å². The van der Waals surface area contributed by atoms with Gasteiger partial charge < -0.3 is 30.3 Å². The molecule has 0 saturated heterocycles. The van der Waals surface area contributed by atoms with E-state index < -0.39 is 0 Å². The van der Waals surface area contributed by atoms with Gasteiger partial charge in [-0.25, -0.2) is 12.1 Å². The SMILES string of the molecule is [Cl][WH].[c-]1[c-][c-][cH-][c-]1.c1cc[cH-]c1. The first-order valence-corrected chi connectivity index (χ1v) is 7.14. The first-order valence-electron chi connectivity index (χ1n) is 3.16. The van der Waals surface area contributed by atoms with Gasteiger partial charge in [-0.2, -0.15) is 18.2 Å². The molecule has 0 aliphatic rings. The molecular weight excluding hydrogens is 339 g/mol. The Kier molecular flexibility index (Phi) is 10.4. The number of rotatable bonds is 0. The van der Waals surface area contributed by atoms with Gasteiger partial charge in [0.1, 0.15) is 0 Å². The fraction of sp³-hybridized carbons (Fsp3) is 0. The van der Waals surface area contributed by atoms with Gasteiger partial charge in [-0.1, -0.05) is 0 Å². The molecule has 0 atom stereocenters. The molecule has 66 valence electrons. The van der Waals surface area contributed by atoms with Gasteiger partial charge in [0.25, 0.3) is 0 Å². The van der Waals surface area contributed by atoms with E-state index in [9.17, 15) is 0 Å². The van der Waals surface area contributed by atoms with Gasteiger partial charge >= 0.3 is 28.2 Å². The largest absolute Gasteiger partial charge is 0.999 e. The van der Waals surface area contributed by atoms with E-state index in [2.05, 4.69) is 24.3 Å². The molecule has 2 rings (SSSR count). The van der Waals surface area contributed by atoms with Crippen molar-refractivity contribution < 1.29 is 18.8 Å². The normalized spacial score (nSPS) is 7.17. The van der Waals surface area contributed by atoms with Crippen molar-refractivity contribution in [2.24, 2.45) is 0 Å². The molecule has 0 aliphatic heterocycles. The fourth-order valence-electron chi connectivity index (χ4n) is 0.501. The quantitative estimate of drug-likeness (QED) is 0.643. The van der Waals surface area contributed by atoms with Gasteiger partial charge in [0.05, 0.1) is 0 Å². The second-order valence-electron chi connectivity index (χ2n) is 1.65. The Morgan fingerprint density at radius 1 is 1.00 bits per heavy atom. The van der Waals surface area contributed by atoms with E-state index in [0.29, 0.717) is 0 Å². The maximum absolute atomic E-state index is 4.75. The predicted molar refractivity (Wildman–Crippen MR) is 46.7 cm³/mol. The third-order valence-corrected chi connectivity index (χ3v) is 0.907. The molecule has 0 spiro atoms. The van der Waals surface area contributed by atoms with Crippen molar-refractivity contribution in [2.45, 2.75) is 0 Å². The zero-order valence-electron chi connectivity index (χ0n) is 6.29. The third-order valence-electron chi connectivity index (χ3n) is 0.907. The molecule has 0 heterocycles. The maximum Gasteiger partial charge on any atom is -0.172 e. The van der Waals surface area contributed by atoms with Crippen molar-refractivity contribution in [2.75, 3.05) is 0 Å². The van der Waals surface area contributed by atoms with Crippen LogP contribution in [-0.4, -0.2) is 0 Å². The first-order chi connectivity index (χ1) is 6.00. The van der Waals surface area contributed by atoms with Crippen LogP contribution in [0, 0.1) is 24.3 Å². The van der Waals surface area contributed by atoms with Crippen molar-refractivity contribution in [1.82, 2.24) is 0 Å². The monoisotopic (exact) mass is 346 g/mol. The molecule has 0 nitrogen and oxygen atoms in total. The van der Waals surface area contributed by atoms with Crippen LogP contribution in [0.5, 0.6) is 0 Å². The van der Waals surface area contributed by atoms with Gasteiger partial charge in [-0.15, -0.1) is 0 Å². The summed E-state index contributed by atoms with van der Waals surface area (Å²) in [7, 11) is 4.75. The third kappa shape index (κ3) is 7.78. The Hall–Kier alpha value is -0.322. The minimum atomic E-state index is 0.917. The molecule has 0 N–H and O–H groups in total. The van der Waals surface area contributed by atoms with Crippen molar-refractivity contribution in [3.8, 4) is 0 Å². The molecule has 0 amide bonds. The average molecular weight is 346 g/mol. The molecule has 0 saturated carbocycles. The van der Waals surface area contributed by atoms with Gasteiger partial charge in [0, 0.05) is 0 Å². The van der Waals surface area contributed by atoms with Crippen molar-refractivity contribution >= 4 is 9.42 Å². The summed E-state index contributed by atoms with van der Waals surface area (Å²) in [5, 5.41) is 0. The minimum absolute atomic E-state index is 0.917. The molecule has 2 aromatic rings. The zero-order valence-corrected chi connectivity index (χ0v) is 10.3. The standard InChI is InChI=1S/C5H5.C5H.ClH.W.H/c2*1-2-4-5-3-1;;;/h1-5H;1H;1H;;/q-1;-5;;+1;/p-1. The maximum atomic E-state index is 4.75. The fourth-order valence-corrected chi connectivity index (χ4v) is 0.501. The predicted octanol–water partition coefficient (Wildman–Crippen LogP) is 2.43. The molecular formula is C10H7ClW-6. The van der Waals surface area contributed by atoms with Crippen LogP contribution in [0.15, 0.2) is 36.4 Å². The average Bonchev–Trinajstić information content (AvgIpc) is 2.87. The van der Waals surface area contributed by atoms with Crippen LogP contribution in [0.4, 0.5) is 0 Å². The smallest absolute Gasteiger partial charge is 0.172 e. The summed E-state index contributed by atoms with van der Waals surface area (Å²) in [6.45, 7) is 0.